The Bertz CT molecular complexity index is 949. The van der Waals surface area contributed by atoms with Crippen molar-refractivity contribution in [3.63, 3.8) is 0 Å². The van der Waals surface area contributed by atoms with Gasteiger partial charge in [0.2, 0.25) is 0 Å². The van der Waals surface area contributed by atoms with Crippen molar-refractivity contribution < 1.29 is 14.6 Å². The number of carboxylic acid groups (broad SMARTS) is 1. The highest BCUT2D eigenvalue weighted by molar-refractivity contribution is 5.94. The molecule has 0 bridgehead atoms. The van der Waals surface area contributed by atoms with E-state index in [-0.39, 0.29) is 11.0 Å². The molecule has 120 valence electrons. The molecule has 0 saturated carbocycles. The molecule has 0 amide bonds. The van der Waals surface area contributed by atoms with Crippen LogP contribution in [0.15, 0.2) is 65.5 Å². The molecular formula is C18H16N3O3+. The molecule has 6 heteroatoms. The van der Waals surface area contributed by atoms with Gasteiger partial charge in [0.1, 0.15) is 0 Å². The van der Waals surface area contributed by atoms with Gasteiger partial charge >= 0.3 is 5.97 Å². The number of aromatic carboxylic acids is 1. The number of carboxylic acids is 1. The van der Waals surface area contributed by atoms with E-state index in [1.807, 2.05) is 30.3 Å². The molecule has 0 aliphatic carbocycles. The number of carbonyl (C=O) groups is 1. The lowest BCUT2D eigenvalue weighted by molar-refractivity contribution is -0.719. The maximum Gasteiger partial charge on any atom is 0.337 e. The fraction of sp³-hybridized carbons (Fsp3) is 0.0556. The molecule has 0 saturated heterocycles. The third-order valence-corrected chi connectivity index (χ3v) is 3.61. The molecule has 24 heavy (non-hydrogen) atoms. The maximum absolute atomic E-state index is 12.5. The van der Waals surface area contributed by atoms with Crippen LogP contribution in [-0.4, -0.2) is 16.2 Å². The van der Waals surface area contributed by atoms with Crippen LogP contribution in [-0.2, 0) is 7.05 Å². The van der Waals surface area contributed by atoms with Gasteiger partial charge < -0.3 is 10.4 Å². The molecule has 6 nitrogen and oxygen atoms in total. The summed E-state index contributed by atoms with van der Waals surface area (Å²) in [5, 5.41) is 15.2. The number of benzene rings is 2. The number of anilines is 2. The quantitative estimate of drug-likeness (QED) is 0.643. The normalized spacial score (nSPS) is 10.4. The van der Waals surface area contributed by atoms with Gasteiger partial charge in [0.05, 0.1) is 16.8 Å². The first-order valence-corrected chi connectivity index (χ1v) is 7.34. The van der Waals surface area contributed by atoms with Gasteiger partial charge in [-0.3, -0.25) is 4.79 Å². The van der Waals surface area contributed by atoms with Gasteiger partial charge in [-0.25, -0.2) is 4.79 Å². The van der Waals surface area contributed by atoms with E-state index in [9.17, 15) is 14.7 Å². The number of nitrogens with one attached hydrogen (secondary N) is 2. The van der Waals surface area contributed by atoms with Crippen molar-refractivity contribution >= 4 is 17.5 Å². The van der Waals surface area contributed by atoms with Crippen molar-refractivity contribution in [3.8, 4) is 11.3 Å². The van der Waals surface area contributed by atoms with Crippen molar-refractivity contribution in [1.82, 2.24) is 5.10 Å². The monoisotopic (exact) mass is 322 g/mol. The van der Waals surface area contributed by atoms with Crippen molar-refractivity contribution in [2.75, 3.05) is 5.32 Å². The molecule has 3 aromatic rings. The Morgan fingerprint density at radius 3 is 2.42 bits per heavy atom. The summed E-state index contributed by atoms with van der Waals surface area (Å²) in [5.41, 5.74) is 1.70. The second-order valence-electron chi connectivity index (χ2n) is 5.28. The average molecular weight is 322 g/mol. The van der Waals surface area contributed by atoms with Crippen LogP contribution in [0.1, 0.15) is 10.4 Å². The second-order valence-corrected chi connectivity index (χ2v) is 5.28. The molecule has 0 radical (unpaired) electrons. The highest BCUT2D eigenvalue weighted by Gasteiger charge is 2.17. The molecule has 1 heterocycles. The summed E-state index contributed by atoms with van der Waals surface area (Å²) in [7, 11) is 1.73. The van der Waals surface area contributed by atoms with Crippen LogP contribution in [0, 0.1) is 0 Å². The maximum atomic E-state index is 12.5. The first kappa shape index (κ1) is 15.5. The molecule has 0 aliphatic rings. The zero-order chi connectivity index (χ0) is 17.1. The predicted octanol–water partition coefficient (Wildman–Crippen LogP) is 2.31. The van der Waals surface area contributed by atoms with Crippen molar-refractivity contribution in [3.05, 3.63) is 76.5 Å². The zero-order valence-electron chi connectivity index (χ0n) is 13.0. The van der Waals surface area contributed by atoms with E-state index in [0.29, 0.717) is 17.2 Å². The topological polar surface area (TPSA) is 86.1 Å². The van der Waals surface area contributed by atoms with E-state index in [4.69, 9.17) is 0 Å². The molecule has 3 rings (SSSR count). The molecular weight excluding hydrogens is 306 g/mol. The van der Waals surface area contributed by atoms with Crippen molar-refractivity contribution in [1.29, 1.82) is 0 Å². The number of rotatable bonds is 4. The van der Waals surface area contributed by atoms with Crippen LogP contribution >= 0.6 is 0 Å². The molecule has 0 fully saturated rings. The number of aromatic nitrogens is 2. The van der Waals surface area contributed by atoms with Gasteiger partial charge in [-0.15, -0.1) is 9.78 Å². The first-order chi connectivity index (χ1) is 11.6. The number of hydrogen-bond donors (Lipinski definition) is 3. The van der Waals surface area contributed by atoms with Gasteiger partial charge in [-0.2, -0.15) is 0 Å². The van der Waals surface area contributed by atoms with Gasteiger partial charge in [0.15, 0.2) is 12.9 Å². The lowest BCUT2D eigenvalue weighted by atomic mass is 10.1. The minimum absolute atomic E-state index is 0.133. The number of aromatic amines is 1. The Balaban J connectivity index is 2.01. The van der Waals surface area contributed by atoms with E-state index >= 15 is 0 Å². The van der Waals surface area contributed by atoms with Gasteiger partial charge in [-0.05, 0) is 24.3 Å². The highest BCUT2D eigenvalue weighted by atomic mass is 16.4. The Kier molecular flexibility index (Phi) is 4.11. The minimum atomic E-state index is -1.04. The highest BCUT2D eigenvalue weighted by Crippen LogP contribution is 2.19. The van der Waals surface area contributed by atoms with Crippen LogP contribution in [0.2, 0.25) is 0 Å². The SMILES string of the molecule is C[n+]1[nH]c(Nc2ccccc2C(=O)O)cc(=O)c1-c1ccccc1. The third-order valence-electron chi connectivity index (χ3n) is 3.61. The van der Waals surface area contributed by atoms with Crippen LogP contribution in [0.3, 0.4) is 0 Å². The van der Waals surface area contributed by atoms with E-state index in [2.05, 4.69) is 10.4 Å². The first-order valence-electron chi connectivity index (χ1n) is 7.34. The summed E-state index contributed by atoms with van der Waals surface area (Å²) >= 11 is 0. The van der Waals surface area contributed by atoms with Gasteiger partial charge in [-0.1, -0.05) is 30.3 Å². The number of hydrogen-bond acceptors (Lipinski definition) is 3. The Hall–Kier alpha value is -3.41. The number of aryl methyl sites for hydroxylation is 1. The number of H-pyrrole nitrogens is 1. The Labute approximate surface area is 138 Å². The molecule has 2 aromatic carbocycles. The minimum Gasteiger partial charge on any atom is -0.478 e. The largest absolute Gasteiger partial charge is 0.478 e. The lowest BCUT2D eigenvalue weighted by Gasteiger charge is -2.09. The van der Waals surface area contributed by atoms with Crippen molar-refractivity contribution in [2.24, 2.45) is 7.05 Å². The molecule has 0 unspecified atom stereocenters. The smallest absolute Gasteiger partial charge is 0.337 e. The van der Waals surface area contributed by atoms with Crippen LogP contribution < -0.4 is 15.4 Å². The average Bonchev–Trinajstić information content (AvgIpc) is 2.55. The summed E-state index contributed by atoms with van der Waals surface area (Å²) in [5.74, 6) is -0.624. The van der Waals surface area contributed by atoms with E-state index in [0.717, 1.165) is 5.56 Å². The van der Waals surface area contributed by atoms with E-state index in [1.54, 1.807) is 29.9 Å². The summed E-state index contributed by atoms with van der Waals surface area (Å²) in [6.07, 6.45) is 0. The van der Waals surface area contributed by atoms with Crippen LogP contribution in [0.4, 0.5) is 11.5 Å². The van der Waals surface area contributed by atoms with Crippen molar-refractivity contribution in [2.45, 2.75) is 0 Å². The summed E-state index contributed by atoms with van der Waals surface area (Å²) in [6, 6.07) is 17.3. The third kappa shape index (κ3) is 3.03. The predicted molar refractivity (Wildman–Crippen MR) is 90.4 cm³/mol. The summed E-state index contributed by atoms with van der Waals surface area (Å²) in [6.45, 7) is 0. The van der Waals surface area contributed by atoms with Gasteiger partial charge in [0, 0.05) is 6.07 Å². The number of nitrogens with zero attached hydrogens (tertiary/aromatic N) is 1. The van der Waals surface area contributed by atoms with E-state index in [1.165, 1.54) is 12.1 Å². The lowest BCUT2D eigenvalue weighted by Crippen LogP contribution is -2.41. The van der Waals surface area contributed by atoms with Crippen LogP contribution in [0.25, 0.3) is 11.3 Å². The summed E-state index contributed by atoms with van der Waals surface area (Å²) in [4.78, 5) is 23.7. The standard InChI is InChI=1S/C18H15N3O3/c1-21-17(12-7-3-2-4-8-12)15(22)11-16(20-21)19-14-10-6-5-9-13(14)18(23)24/h2-11H,1H3,(H2-,19,20,22,23,24)/p+1. The zero-order valence-corrected chi connectivity index (χ0v) is 13.0. The Morgan fingerprint density at radius 1 is 1.08 bits per heavy atom. The molecule has 3 N–H and O–H groups in total. The summed E-state index contributed by atoms with van der Waals surface area (Å²) < 4.78 is 1.61. The molecule has 0 atom stereocenters. The molecule has 0 aliphatic heterocycles. The molecule has 0 spiro atoms. The molecule has 1 aromatic heterocycles. The van der Waals surface area contributed by atoms with Gasteiger partial charge in [0.25, 0.3) is 11.1 Å². The fourth-order valence-corrected chi connectivity index (χ4v) is 2.55. The second kappa shape index (κ2) is 6.37. The van der Waals surface area contributed by atoms with Crippen LogP contribution in [0.5, 0.6) is 0 Å². The van der Waals surface area contributed by atoms with E-state index < -0.39 is 5.97 Å². The fourth-order valence-electron chi connectivity index (χ4n) is 2.55. The number of para-hydroxylation sites is 1. The Morgan fingerprint density at radius 2 is 1.75 bits per heavy atom.